The highest BCUT2D eigenvalue weighted by Crippen LogP contribution is 2.38. The number of hydrogen-bond acceptors (Lipinski definition) is 7. The van der Waals surface area contributed by atoms with Crippen LogP contribution in [0.2, 0.25) is 10.0 Å². The van der Waals surface area contributed by atoms with Gasteiger partial charge >= 0.3 is 11.7 Å². The molecule has 1 aliphatic carbocycles. The van der Waals surface area contributed by atoms with E-state index in [4.69, 9.17) is 27.9 Å². The summed E-state index contributed by atoms with van der Waals surface area (Å²) in [6.07, 6.45) is 8.73. The number of halogens is 2. The molecule has 0 unspecified atom stereocenters. The molecule has 0 spiro atoms. The largest absolute Gasteiger partial charge is 0.504 e. The number of aromatic hydroxyl groups is 1. The van der Waals surface area contributed by atoms with Gasteiger partial charge in [-0.1, -0.05) is 55.3 Å². The third-order valence-electron chi connectivity index (χ3n) is 5.16. The Hall–Kier alpha value is -2.91. The number of hydrogen-bond donors (Lipinski definition) is 2. The minimum absolute atomic E-state index is 0.000470. The number of H-pyrrole nitrogens is 1. The molecule has 2 heterocycles. The summed E-state index contributed by atoms with van der Waals surface area (Å²) in [7, 11) is 0. The molecule has 9 nitrogen and oxygen atoms in total. The molecule has 0 radical (unpaired) electrons. The maximum Gasteiger partial charge on any atom is 0.349 e. The van der Waals surface area contributed by atoms with E-state index in [1.54, 1.807) is 0 Å². The highest BCUT2D eigenvalue weighted by Gasteiger charge is 2.19. The zero-order chi connectivity index (χ0) is 22.0. The van der Waals surface area contributed by atoms with Gasteiger partial charge in [-0.2, -0.15) is 19.7 Å². The van der Waals surface area contributed by atoms with E-state index in [0.717, 1.165) is 23.7 Å². The predicted octanol–water partition coefficient (Wildman–Crippen LogP) is 3.64. The van der Waals surface area contributed by atoms with Crippen molar-refractivity contribution in [3.05, 3.63) is 61.1 Å². The Morgan fingerprint density at radius 2 is 1.84 bits per heavy atom. The molecule has 0 atom stereocenters. The van der Waals surface area contributed by atoms with E-state index in [1.165, 1.54) is 37.6 Å². The third kappa shape index (κ3) is 4.88. The summed E-state index contributed by atoms with van der Waals surface area (Å²) in [6.45, 7) is 0. The number of ether oxygens (including phenoxy) is 1. The van der Waals surface area contributed by atoms with Crippen LogP contribution in [-0.2, 0) is 6.42 Å². The molecule has 31 heavy (non-hydrogen) atoms. The molecule has 1 aliphatic rings. The molecule has 0 saturated heterocycles. The molecular formula is C20H19Cl2N5O4. The lowest BCUT2D eigenvalue weighted by Gasteiger charge is -2.21. The van der Waals surface area contributed by atoms with Crippen LogP contribution < -0.4 is 16.0 Å². The SMILES string of the molecule is O=c1cnn(-c2cc(Cl)c(Oc3ncc(O)c(CC4CCCCC4)n3)c(Cl)c2)c(=O)[nH]1. The van der Waals surface area contributed by atoms with Crippen LogP contribution in [-0.4, -0.2) is 29.8 Å². The van der Waals surface area contributed by atoms with Crippen molar-refractivity contribution in [2.45, 2.75) is 38.5 Å². The van der Waals surface area contributed by atoms with Crippen molar-refractivity contribution in [2.24, 2.45) is 5.92 Å². The molecule has 2 N–H and O–H groups in total. The third-order valence-corrected chi connectivity index (χ3v) is 5.73. The molecule has 2 aromatic heterocycles. The second-order valence-electron chi connectivity index (χ2n) is 7.38. The van der Waals surface area contributed by atoms with Crippen LogP contribution in [0.4, 0.5) is 0 Å². The van der Waals surface area contributed by atoms with E-state index in [2.05, 4.69) is 20.1 Å². The first kappa shape index (κ1) is 21.3. The zero-order valence-corrected chi connectivity index (χ0v) is 17.9. The Labute approximate surface area is 186 Å². The number of nitrogens with one attached hydrogen (secondary N) is 1. The van der Waals surface area contributed by atoms with Gasteiger partial charge in [0.2, 0.25) is 0 Å². The normalized spacial score (nSPS) is 14.5. The second-order valence-corrected chi connectivity index (χ2v) is 8.20. The van der Waals surface area contributed by atoms with E-state index >= 15 is 0 Å². The summed E-state index contributed by atoms with van der Waals surface area (Å²) >= 11 is 12.6. The molecule has 1 saturated carbocycles. The number of aromatic nitrogens is 5. The van der Waals surface area contributed by atoms with Crippen LogP contribution in [0.15, 0.2) is 34.1 Å². The van der Waals surface area contributed by atoms with Gasteiger partial charge in [-0.15, -0.1) is 0 Å². The van der Waals surface area contributed by atoms with Crippen LogP contribution in [0.1, 0.15) is 37.8 Å². The van der Waals surface area contributed by atoms with E-state index in [0.29, 0.717) is 18.0 Å². The van der Waals surface area contributed by atoms with Crippen LogP contribution in [0.25, 0.3) is 5.69 Å². The second kappa shape index (κ2) is 9.07. The van der Waals surface area contributed by atoms with Crippen molar-refractivity contribution in [2.75, 3.05) is 0 Å². The summed E-state index contributed by atoms with van der Waals surface area (Å²) in [6, 6.07) is 2.83. The number of benzene rings is 1. The average molecular weight is 464 g/mol. The van der Waals surface area contributed by atoms with Crippen molar-refractivity contribution >= 4 is 23.2 Å². The van der Waals surface area contributed by atoms with Gasteiger partial charge in [0.25, 0.3) is 5.56 Å². The standard InChI is InChI=1S/C20H19Cl2N5O4/c21-13-7-12(27-20(30)26-17(29)10-24-27)8-14(22)18(13)31-19-23-9-16(28)15(25-19)6-11-4-2-1-3-5-11/h7-11,28H,1-6H2,(H,26,29,30). The van der Waals surface area contributed by atoms with Gasteiger partial charge in [0.1, 0.15) is 6.20 Å². The first-order valence-corrected chi connectivity index (χ1v) is 10.6. The fourth-order valence-corrected chi connectivity index (χ4v) is 4.20. The topological polar surface area (TPSA) is 123 Å². The van der Waals surface area contributed by atoms with Crippen molar-refractivity contribution in [1.29, 1.82) is 0 Å². The van der Waals surface area contributed by atoms with Gasteiger partial charge in [-0.05, 0) is 24.5 Å². The lowest BCUT2D eigenvalue weighted by Crippen LogP contribution is -2.30. The smallest absolute Gasteiger partial charge is 0.349 e. The Morgan fingerprint density at radius 1 is 1.13 bits per heavy atom. The number of nitrogens with zero attached hydrogens (tertiary/aromatic N) is 4. The minimum atomic E-state index is -0.734. The molecule has 0 aliphatic heterocycles. The van der Waals surface area contributed by atoms with Crippen LogP contribution >= 0.6 is 23.2 Å². The predicted molar refractivity (Wildman–Crippen MR) is 115 cm³/mol. The zero-order valence-electron chi connectivity index (χ0n) is 16.3. The van der Waals surface area contributed by atoms with Gasteiger partial charge in [-0.25, -0.2) is 4.79 Å². The molecule has 0 amide bonds. The number of rotatable bonds is 5. The average Bonchev–Trinajstić information content (AvgIpc) is 2.73. The Kier molecular flexibility index (Phi) is 6.24. The van der Waals surface area contributed by atoms with E-state index in [9.17, 15) is 14.7 Å². The first-order chi connectivity index (χ1) is 14.9. The van der Waals surface area contributed by atoms with Gasteiger partial charge in [0, 0.05) is 0 Å². The molecule has 3 aromatic rings. The quantitative estimate of drug-likeness (QED) is 0.591. The Morgan fingerprint density at radius 3 is 2.52 bits per heavy atom. The van der Waals surface area contributed by atoms with Crippen molar-refractivity contribution in [3.8, 4) is 23.2 Å². The fraction of sp³-hybridized carbons (Fsp3) is 0.350. The highest BCUT2D eigenvalue weighted by molar-refractivity contribution is 6.37. The molecule has 162 valence electrons. The molecule has 1 fully saturated rings. The maximum atomic E-state index is 12.0. The maximum absolute atomic E-state index is 12.0. The lowest BCUT2D eigenvalue weighted by atomic mass is 9.86. The molecule has 11 heteroatoms. The molecule has 0 bridgehead atoms. The summed E-state index contributed by atoms with van der Waals surface area (Å²) < 4.78 is 6.65. The van der Waals surface area contributed by atoms with Crippen molar-refractivity contribution < 1.29 is 9.84 Å². The first-order valence-electron chi connectivity index (χ1n) is 9.81. The summed E-state index contributed by atoms with van der Waals surface area (Å²) in [5.74, 6) is 0.588. The van der Waals surface area contributed by atoms with Crippen molar-refractivity contribution in [1.82, 2.24) is 24.7 Å². The van der Waals surface area contributed by atoms with Gasteiger partial charge in [0.15, 0.2) is 11.5 Å². The monoisotopic (exact) mass is 463 g/mol. The Balaban J connectivity index is 1.60. The summed E-state index contributed by atoms with van der Waals surface area (Å²) in [5.41, 5.74) is -0.590. The lowest BCUT2D eigenvalue weighted by molar-refractivity contribution is 0.344. The van der Waals surface area contributed by atoms with Gasteiger partial charge in [-0.3, -0.25) is 9.78 Å². The summed E-state index contributed by atoms with van der Waals surface area (Å²) in [4.78, 5) is 33.6. The van der Waals surface area contributed by atoms with E-state index in [1.807, 2.05) is 0 Å². The van der Waals surface area contributed by atoms with Crippen molar-refractivity contribution in [3.63, 3.8) is 0 Å². The van der Waals surface area contributed by atoms with Crippen LogP contribution in [0, 0.1) is 5.92 Å². The molecular weight excluding hydrogens is 445 g/mol. The molecule has 1 aromatic carbocycles. The van der Waals surface area contributed by atoms with Crippen LogP contribution in [0.5, 0.6) is 17.5 Å². The van der Waals surface area contributed by atoms with Gasteiger partial charge < -0.3 is 9.84 Å². The van der Waals surface area contributed by atoms with E-state index in [-0.39, 0.29) is 33.2 Å². The molecule has 4 rings (SSSR count). The Bertz CT molecular complexity index is 1200. The summed E-state index contributed by atoms with van der Waals surface area (Å²) in [5, 5.41) is 14.1. The fourth-order valence-electron chi connectivity index (χ4n) is 3.65. The minimum Gasteiger partial charge on any atom is -0.504 e. The van der Waals surface area contributed by atoms with Gasteiger partial charge in [0.05, 0.1) is 27.6 Å². The van der Waals surface area contributed by atoms with Crippen LogP contribution in [0.3, 0.4) is 0 Å². The van der Waals surface area contributed by atoms with E-state index < -0.39 is 11.2 Å². The highest BCUT2D eigenvalue weighted by atomic mass is 35.5. The number of aromatic amines is 1.